The lowest BCUT2D eigenvalue weighted by atomic mass is 10.1. The van der Waals surface area contributed by atoms with Gasteiger partial charge in [-0.3, -0.25) is 0 Å². The molecule has 0 atom stereocenters. The zero-order chi connectivity index (χ0) is 14.3. The summed E-state index contributed by atoms with van der Waals surface area (Å²) in [5.41, 5.74) is 7.78. The van der Waals surface area contributed by atoms with Gasteiger partial charge in [0.15, 0.2) is 0 Å². The fourth-order valence-electron chi connectivity index (χ4n) is 1.58. The second-order valence-electron chi connectivity index (χ2n) is 3.99. The van der Waals surface area contributed by atoms with E-state index in [9.17, 15) is 8.42 Å². The van der Waals surface area contributed by atoms with Gasteiger partial charge in [0.25, 0.3) is 0 Å². The van der Waals surface area contributed by atoms with Crippen LogP contribution >= 0.6 is 0 Å². The summed E-state index contributed by atoms with van der Waals surface area (Å²) in [5.74, 6) is -0.00119. The molecule has 1 aromatic rings. The number of rotatable bonds is 7. The molecule has 0 unspecified atom stereocenters. The first-order valence-corrected chi connectivity index (χ1v) is 7.60. The van der Waals surface area contributed by atoms with Gasteiger partial charge in [0.2, 0.25) is 10.0 Å². The predicted octanol–water partition coefficient (Wildman–Crippen LogP) is 0.686. The van der Waals surface area contributed by atoms with Gasteiger partial charge in [-0.25, -0.2) is 13.1 Å². The first-order valence-electron chi connectivity index (χ1n) is 5.95. The fraction of sp³-hybridized carbons (Fsp3) is 0.417. The van der Waals surface area contributed by atoms with Crippen LogP contribution in [0, 0.1) is 11.3 Å². The van der Waals surface area contributed by atoms with Crippen LogP contribution in [0.2, 0.25) is 0 Å². The van der Waals surface area contributed by atoms with Crippen molar-refractivity contribution in [3.63, 3.8) is 0 Å². The molecule has 19 heavy (non-hydrogen) atoms. The second kappa shape index (κ2) is 6.97. The number of nitrogens with one attached hydrogen (secondary N) is 2. The molecule has 1 aromatic carbocycles. The largest absolute Gasteiger partial charge is 0.398 e. The SMILES string of the molecule is CCNS(=O)(=O)CCNc1ccc(N)c(CC#N)c1. The Kier molecular flexibility index (Phi) is 5.60. The third-order valence-electron chi connectivity index (χ3n) is 2.48. The smallest absolute Gasteiger partial charge is 0.213 e. The van der Waals surface area contributed by atoms with E-state index in [0.29, 0.717) is 18.8 Å². The highest BCUT2D eigenvalue weighted by Crippen LogP contribution is 2.18. The summed E-state index contributed by atoms with van der Waals surface area (Å²) >= 11 is 0. The third kappa shape index (κ3) is 5.16. The standard InChI is InChI=1S/C12H18N4O2S/c1-2-16-19(17,18)8-7-15-11-3-4-12(14)10(9-11)5-6-13/h3-4,9,15-16H,2,5,7-8,14H2,1H3. The molecule has 6 nitrogen and oxygen atoms in total. The molecule has 0 radical (unpaired) electrons. The number of sulfonamides is 1. The fourth-order valence-corrected chi connectivity index (χ4v) is 2.53. The molecule has 1 rings (SSSR count). The average molecular weight is 282 g/mol. The van der Waals surface area contributed by atoms with E-state index in [1.165, 1.54) is 0 Å². The number of benzene rings is 1. The normalized spacial score (nSPS) is 10.9. The molecule has 0 bridgehead atoms. The number of hydrogen-bond donors (Lipinski definition) is 3. The highest BCUT2D eigenvalue weighted by molar-refractivity contribution is 7.89. The van der Waals surface area contributed by atoms with Crippen LogP contribution in [0.4, 0.5) is 11.4 Å². The molecule has 0 heterocycles. The number of nitriles is 1. The maximum absolute atomic E-state index is 11.4. The number of anilines is 2. The molecular formula is C12H18N4O2S. The minimum atomic E-state index is -3.22. The van der Waals surface area contributed by atoms with Crippen molar-refractivity contribution in [3.8, 4) is 6.07 Å². The summed E-state index contributed by atoms with van der Waals surface area (Å²) in [6.45, 7) is 2.42. The molecule has 0 fully saturated rings. The summed E-state index contributed by atoms with van der Waals surface area (Å²) in [6, 6.07) is 7.26. The number of nitrogens with two attached hydrogens (primary N) is 1. The topological polar surface area (TPSA) is 108 Å². The van der Waals surface area contributed by atoms with E-state index in [4.69, 9.17) is 11.0 Å². The molecule has 0 amide bonds. The van der Waals surface area contributed by atoms with E-state index in [1.807, 2.05) is 6.07 Å². The monoisotopic (exact) mass is 282 g/mol. The number of nitrogen functional groups attached to an aromatic ring is 1. The van der Waals surface area contributed by atoms with Crippen molar-refractivity contribution in [1.82, 2.24) is 4.72 Å². The number of nitrogens with zero attached hydrogens (tertiary/aromatic N) is 1. The molecule has 0 spiro atoms. The van der Waals surface area contributed by atoms with Gasteiger partial charge in [-0.05, 0) is 23.8 Å². The highest BCUT2D eigenvalue weighted by atomic mass is 32.2. The van der Waals surface area contributed by atoms with Crippen LogP contribution < -0.4 is 15.8 Å². The van der Waals surface area contributed by atoms with Gasteiger partial charge in [0.05, 0.1) is 18.2 Å². The molecule has 7 heteroatoms. The third-order valence-corrected chi connectivity index (χ3v) is 3.95. The van der Waals surface area contributed by atoms with Crippen LogP contribution in [-0.2, 0) is 16.4 Å². The zero-order valence-electron chi connectivity index (χ0n) is 10.8. The molecule has 104 valence electrons. The quantitative estimate of drug-likeness (QED) is 0.637. The summed E-state index contributed by atoms with van der Waals surface area (Å²) in [5, 5.41) is 11.7. The van der Waals surface area contributed by atoms with Gasteiger partial charge in [-0.15, -0.1) is 0 Å². The van der Waals surface area contributed by atoms with Crippen LogP contribution in [0.1, 0.15) is 12.5 Å². The van der Waals surface area contributed by atoms with Gasteiger partial charge in [-0.2, -0.15) is 5.26 Å². The Hall–Kier alpha value is -1.78. The van der Waals surface area contributed by atoms with Gasteiger partial charge < -0.3 is 11.1 Å². The van der Waals surface area contributed by atoms with Gasteiger partial charge >= 0.3 is 0 Å². The lowest BCUT2D eigenvalue weighted by Crippen LogP contribution is -2.29. The Labute approximate surface area is 113 Å². The Morgan fingerprint density at radius 2 is 2.16 bits per heavy atom. The minimum Gasteiger partial charge on any atom is -0.398 e. The summed E-state index contributed by atoms with van der Waals surface area (Å²) in [7, 11) is -3.22. The Bertz CT molecular complexity index is 564. The van der Waals surface area contributed by atoms with Crippen molar-refractivity contribution in [2.45, 2.75) is 13.3 Å². The van der Waals surface area contributed by atoms with Crippen LogP contribution in [0.5, 0.6) is 0 Å². The maximum atomic E-state index is 11.4. The van der Waals surface area contributed by atoms with Crippen molar-refractivity contribution in [2.24, 2.45) is 0 Å². The molecule has 0 saturated heterocycles. The van der Waals surface area contributed by atoms with Crippen molar-refractivity contribution in [2.75, 3.05) is 29.9 Å². The van der Waals surface area contributed by atoms with Crippen molar-refractivity contribution < 1.29 is 8.42 Å². The average Bonchev–Trinajstić information content (AvgIpc) is 2.33. The second-order valence-corrected chi connectivity index (χ2v) is 5.92. The van der Waals surface area contributed by atoms with Crippen LogP contribution in [0.25, 0.3) is 0 Å². The lowest BCUT2D eigenvalue weighted by molar-refractivity contribution is 0.584. The lowest BCUT2D eigenvalue weighted by Gasteiger charge is -2.09. The first kappa shape index (κ1) is 15.3. The van der Waals surface area contributed by atoms with E-state index in [1.54, 1.807) is 25.1 Å². The Morgan fingerprint density at radius 3 is 2.79 bits per heavy atom. The highest BCUT2D eigenvalue weighted by Gasteiger charge is 2.07. The van der Waals surface area contributed by atoms with E-state index >= 15 is 0 Å². The van der Waals surface area contributed by atoms with E-state index in [-0.39, 0.29) is 12.2 Å². The molecular weight excluding hydrogens is 264 g/mol. The summed E-state index contributed by atoms with van der Waals surface area (Å²) in [6.07, 6.45) is 0.233. The summed E-state index contributed by atoms with van der Waals surface area (Å²) in [4.78, 5) is 0. The molecule has 0 aromatic heterocycles. The molecule has 0 aliphatic rings. The van der Waals surface area contributed by atoms with E-state index < -0.39 is 10.0 Å². The van der Waals surface area contributed by atoms with Crippen LogP contribution in [-0.4, -0.2) is 27.3 Å². The predicted molar refractivity (Wildman–Crippen MR) is 76.1 cm³/mol. The molecule has 0 aliphatic carbocycles. The van der Waals surface area contributed by atoms with Crippen LogP contribution in [0.3, 0.4) is 0 Å². The molecule has 0 saturated carbocycles. The Balaban J connectivity index is 2.59. The number of hydrogen-bond acceptors (Lipinski definition) is 5. The van der Waals surface area contributed by atoms with Crippen molar-refractivity contribution in [1.29, 1.82) is 5.26 Å². The van der Waals surface area contributed by atoms with Crippen LogP contribution in [0.15, 0.2) is 18.2 Å². The van der Waals surface area contributed by atoms with Gasteiger partial charge in [0.1, 0.15) is 0 Å². The van der Waals surface area contributed by atoms with Crippen molar-refractivity contribution >= 4 is 21.4 Å². The minimum absolute atomic E-state index is 0.00119. The van der Waals surface area contributed by atoms with Gasteiger partial charge in [0, 0.05) is 24.5 Å². The first-order chi connectivity index (χ1) is 8.98. The molecule has 4 N–H and O–H groups in total. The van der Waals surface area contributed by atoms with E-state index in [0.717, 1.165) is 11.3 Å². The molecule has 0 aliphatic heterocycles. The Morgan fingerprint density at radius 1 is 1.42 bits per heavy atom. The van der Waals surface area contributed by atoms with Crippen molar-refractivity contribution in [3.05, 3.63) is 23.8 Å². The maximum Gasteiger partial charge on any atom is 0.213 e. The zero-order valence-corrected chi connectivity index (χ0v) is 11.6. The summed E-state index contributed by atoms with van der Waals surface area (Å²) < 4.78 is 25.3. The van der Waals surface area contributed by atoms with E-state index in [2.05, 4.69) is 10.0 Å². The van der Waals surface area contributed by atoms with Gasteiger partial charge in [-0.1, -0.05) is 6.92 Å².